The van der Waals surface area contributed by atoms with Crippen molar-refractivity contribution in [3.8, 4) is 0 Å². The molecule has 0 atom stereocenters. The van der Waals surface area contributed by atoms with Crippen molar-refractivity contribution in [2.75, 3.05) is 11.1 Å². The molecule has 1 rings (SSSR count). The summed E-state index contributed by atoms with van der Waals surface area (Å²) in [6.45, 7) is 1.67. The molecule has 0 saturated carbocycles. The van der Waals surface area contributed by atoms with E-state index in [9.17, 15) is 14.4 Å². The molecule has 0 spiro atoms. The van der Waals surface area contributed by atoms with Gasteiger partial charge in [-0.1, -0.05) is 6.08 Å². The van der Waals surface area contributed by atoms with Crippen LogP contribution in [0.1, 0.15) is 6.92 Å². The zero-order chi connectivity index (χ0) is 13.2. The van der Waals surface area contributed by atoms with Crippen LogP contribution < -0.4 is 22.3 Å². The van der Waals surface area contributed by atoms with Crippen LogP contribution >= 0.6 is 0 Å². The number of rotatable bonds is 2. The molecular formula is C10H14N4O3. The molecule has 0 fully saturated rings. The van der Waals surface area contributed by atoms with Crippen molar-refractivity contribution >= 4 is 17.4 Å². The Balaban J connectivity index is 3.40. The summed E-state index contributed by atoms with van der Waals surface area (Å²) in [5.74, 6) is -0.550. The van der Waals surface area contributed by atoms with E-state index in [0.717, 1.165) is 9.13 Å². The summed E-state index contributed by atoms with van der Waals surface area (Å²) in [5, 5.41) is 2.34. The molecule has 1 amide bonds. The minimum atomic E-state index is -0.636. The number of carbonyl (C=O) groups is 1. The zero-order valence-corrected chi connectivity index (χ0v) is 9.85. The van der Waals surface area contributed by atoms with Crippen LogP contribution in [0.2, 0.25) is 0 Å². The third-order valence-corrected chi connectivity index (χ3v) is 2.28. The Morgan fingerprint density at radius 1 is 1.29 bits per heavy atom. The Morgan fingerprint density at radius 2 is 1.88 bits per heavy atom. The van der Waals surface area contributed by atoms with Crippen molar-refractivity contribution in [1.82, 2.24) is 9.13 Å². The van der Waals surface area contributed by atoms with E-state index in [1.165, 1.54) is 26.2 Å². The van der Waals surface area contributed by atoms with E-state index >= 15 is 0 Å². The zero-order valence-electron chi connectivity index (χ0n) is 9.85. The monoisotopic (exact) mass is 238 g/mol. The number of amides is 1. The topological polar surface area (TPSA) is 99.1 Å². The molecule has 0 aliphatic carbocycles. The second kappa shape index (κ2) is 4.69. The van der Waals surface area contributed by atoms with Gasteiger partial charge in [-0.15, -0.1) is 0 Å². The van der Waals surface area contributed by atoms with Crippen LogP contribution in [0.4, 0.5) is 11.5 Å². The standard InChI is InChI=1S/C10H14N4O3/c1-4-5-6(15)12-7-8(11)13(2)10(17)14(3)9(7)16/h4-5H,11H2,1-3H3,(H,12,15)/b5-4+. The van der Waals surface area contributed by atoms with Crippen molar-refractivity contribution < 1.29 is 4.79 Å². The first-order valence-corrected chi connectivity index (χ1v) is 4.89. The predicted octanol–water partition coefficient (Wildman–Crippen LogP) is -0.819. The minimum absolute atomic E-state index is 0.0732. The van der Waals surface area contributed by atoms with Gasteiger partial charge in [0.15, 0.2) is 0 Å². The minimum Gasteiger partial charge on any atom is -0.383 e. The highest BCUT2D eigenvalue weighted by atomic mass is 16.2. The maximum atomic E-state index is 11.7. The number of nitrogens with one attached hydrogen (secondary N) is 1. The second-order valence-corrected chi connectivity index (χ2v) is 3.46. The summed E-state index contributed by atoms with van der Waals surface area (Å²) in [6, 6.07) is 0. The van der Waals surface area contributed by atoms with Gasteiger partial charge in [0.25, 0.3) is 5.56 Å². The van der Waals surface area contributed by atoms with Gasteiger partial charge in [-0.3, -0.25) is 18.7 Å². The molecule has 92 valence electrons. The Morgan fingerprint density at radius 3 is 2.41 bits per heavy atom. The highest BCUT2D eigenvalue weighted by Gasteiger charge is 2.14. The molecule has 17 heavy (non-hydrogen) atoms. The normalized spacial score (nSPS) is 10.8. The van der Waals surface area contributed by atoms with Crippen molar-refractivity contribution in [1.29, 1.82) is 0 Å². The lowest BCUT2D eigenvalue weighted by atomic mass is 10.4. The third kappa shape index (κ3) is 2.27. The maximum Gasteiger partial charge on any atom is 0.332 e. The summed E-state index contributed by atoms with van der Waals surface area (Å²) < 4.78 is 1.97. The van der Waals surface area contributed by atoms with E-state index < -0.39 is 17.2 Å². The molecule has 0 unspecified atom stereocenters. The lowest BCUT2D eigenvalue weighted by molar-refractivity contribution is -0.111. The van der Waals surface area contributed by atoms with Crippen LogP contribution in [0.25, 0.3) is 0 Å². The van der Waals surface area contributed by atoms with Crippen LogP contribution in [0.15, 0.2) is 21.7 Å². The first-order chi connectivity index (χ1) is 7.90. The summed E-state index contributed by atoms with van der Waals surface area (Å²) in [7, 11) is 2.73. The van der Waals surface area contributed by atoms with Crippen molar-refractivity contribution in [3.63, 3.8) is 0 Å². The van der Waals surface area contributed by atoms with E-state index in [2.05, 4.69) is 5.32 Å². The average Bonchev–Trinajstić information content (AvgIpc) is 2.30. The van der Waals surface area contributed by atoms with Crippen LogP contribution in [0, 0.1) is 0 Å². The van der Waals surface area contributed by atoms with E-state index in [1.807, 2.05) is 0 Å². The van der Waals surface area contributed by atoms with Gasteiger partial charge in [0.05, 0.1) is 0 Å². The van der Waals surface area contributed by atoms with Gasteiger partial charge in [-0.2, -0.15) is 0 Å². The third-order valence-electron chi connectivity index (χ3n) is 2.28. The van der Waals surface area contributed by atoms with Crippen molar-refractivity contribution in [2.24, 2.45) is 14.1 Å². The van der Waals surface area contributed by atoms with Gasteiger partial charge >= 0.3 is 5.69 Å². The number of hydrogen-bond acceptors (Lipinski definition) is 4. The first kappa shape index (κ1) is 12.8. The fraction of sp³-hybridized carbons (Fsp3) is 0.300. The van der Waals surface area contributed by atoms with Gasteiger partial charge in [0.1, 0.15) is 11.5 Å². The van der Waals surface area contributed by atoms with Crippen molar-refractivity contribution in [2.45, 2.75) is 6.92 Å². The Kier molecular flexibility index (Phi) is 3.52. The fourth-order valence-corrected chi connectivity index (χ4v) is 1.29. The number of nitrogen functional groups attached to an aromatic ring is 1. The van der Waals surface area contributed by atoms with Gasteiger partial charge < -0.3 is 11.1 Å². The van der Waals surface area contributed by atoms with Gasteiger partial charge in [-0.05, 0) is 13.0 Å². The number of anilines is 2. The van der Waals surface area contributed by atoms with Crippen LogP contribution in [0.3, 0.4) is 0 Å². The quantitative estimate of drug-likeness (QED) is 0.657. The molecule has 0 saturated heterocycles. The highest BCUT2D eigenvalue weighted by molar-refractivity contribution is 6.00. The van der Waals surface area contributed by atoms with Gasteiger partial charge in [0, 0.05) is 14.1 Å². The Bertz CT molecular complexity index is 595. The van der Waals surface area contributed by atoms with Crippen LogP contribution in [-0.2, 0) is 18.9 Å². The van der Waals surface area contributed by atoms with E-state index in [4.69, 9.17) is 5.73 Å². The number of nitrogens with two attached hydrogens (primary N) is 1. The maximum absolute atomic E-state index is 11.7. The lowest BCUT2D eigenvalue weighted by Crippen LogP contribution is -2.40. The molecule has 0 aromatic carbocycles. The smallest absolute Gasteiger partial charge is 0.332 e. The number of allylic oxidation sites excluding steroid dienone is 1. The Labute approximate surface area is 97.2 Å². The van der Waals surface area contributed by atoms with Gasteiger partial charge in [0.2, 0.25) is 5.91 Å². The summed E-state index contributed by atoms with van der Waals surface area (Å²) in [5.41, 5.74) is 4.33. The van der Waals surface area contributed by atoms with E-state index in [1.54, 1.807) is 6.92 Å². The molecule has 1 heterocycles. The van der Waals surface area contributed by atoms with Gasteiger partial charge in [-0.25, -0.2) is 4.79 Å². The largest absolute Gasteiger partial charge is 0.383 e. The summed E-state index contributed by atoms with van der Waals surface area (Å²) >= 11 is 0. The fourth-order valence-electron chi connectivity index (χ4n) is 1.29. The van der Waals surface area contributed by atoms with E-state index in [0.29, 0.717) is 0 Å². The van der Waals surface area contributed by atoms with Crippen LogP contribution in [0.5, 0.6) is 0 Å². The Hall–Kier alpha value is -2.31. The van der Waals surface area contributed by atoms with E-state index in [-0.39, 0.29) is 11.5 Å². The number of aromatic nitrogens is 2. The molecule has 7 nitrogen and oxygen atoms in total. The number of nitrogens with zero attached hydrogens (tertiary/aromatic N) is 2. The summed E-state index contributed by atoms with van der Waals surface area (Å²) in [4.78, 5) is 34.6. The first-order valence-electron chi connectivity index (χ1n) is 4.89. The lowest BCUT2D eigenvalue weighted by Gasteiger charge is -2.11. The van der Waals surface area contributed by atoms with Crippen LogP contribution in [-0.4, -0.2) is 15.0 Å². The predicted molar refractivity (Wildman–Crippen MR) is 64.8 cm³/mol. The molecule has 1 aromatic heterocycles. The SMILES string of the molecule is C/C=C/C(=O)Nc1c(N)n(C)c(=O)n(C)c1=O. The number of carbonyl (C=O) groups excluding carboxylic acids is 1. The molecule has 0 radical (unpaired) electrons. The average molecular weight is 238 g/mol. The number of hydrogen-bond donors (Lipinski definition) is 2. The van der Waals surface area contributed by atoms with Crippen molar-refractivity contribution in [3.05, 3.63) is 33.0 Å². The molecule has 1 aromatic rings. The second-order valence-electron chi connectivity index (χ2n) is 3.46. The molecule has 0 bridgehead atoms. The molecule has 0 aliphatic rings. The molecule has 7 heteroatoms. The molecule has 3 N–H and O–H groups in total. The molecule has 0 aliphatic heterocycles. The molecular weight excluding hydrogens is 224 g/mol. The highest BCUT2D eigenvalue weighted by Crippen LogP contribution is 2.08. The summed E-state index contributed by atoms with van der Waals surface area (Å²) in [6.07, 6.45) is 2.78.